The van der Waals surface area contributed by atoms with Crippen LogP contribution < -0.4 is 4.74 Å². The van der Waals surface area contributed by atoms with Gasteiger partial charge < -0.3 is 14.7 Å². The third kappa shape index (κ3) is 2.49. The maximum absolute atomic E-state index is 13.3. The van der Waals surface area contributed by atoms with Crippen LogP contribution in [0.3, 0.4) is 0 Å². The van der Waals surface area contributed by atoms with Crippen molar-refractivity contribution >= 4 is 0 Å². The maximum Gasteiger partial charge on any atom is 0.123 e. The average molecular weight is 329 g/mol. The number of nitrogens with zero attached hydrogens (tertiary/aromatic N) is 1. The van der Waals surface area contributed by atoms with E-state index in [1.807, 2.05) is 12.1 Å². The fourth-order valence-electron chi connectivity index (χ4n) is 3.78. The van der Waals surface area contributed by atoms with Crippen molar-refractivity contribution in [2.45, 2.75) is 24.5 Å². The molecule has 0 aromatic heterocycles. The summed E-state index contributed by atoms with van der Waals surface area (Å²) in [4.78, 5) is 0. The summed E-state index contributed by atoms with van der Waals surface area (Å²) in [5.41, 5.74) is 2.73. The van der Waals surface area contributed by atoms with Crippen molar-refractivity contribution in [2.24, 2.45) is 0 Å². The average Bonchev–Trinajstić information content (AvgIpc) is 2.92. The fraction of sp³-hybridized carbons (Fsp3) is 0.368. The monoisotopic (exact) mass is 329 g/mol. The molecule has 0 radical (unpaired) electrons. The standard InChI is InChI=1S/C19H20FNO3/c1-23-15-6-7-17-16(12-15)18(13-2-4-14(20)5-3-13)24-19(17)8-10-21(22)11-9-19/h2-7,12,18,22H,8-11H2,1H3. The van der Waals surface area contributed by atoms with E-state index in [0.29, 0.717) is 13.1 Å². The third-order valence-electron chi connectivity index (χ3n) is 5.10. The van der Waals surface area contributed by atoms with Crippen LogP contribution in [0.1, 0.15) is 35.6 Å². The third-order valence-corrected chi connectivity index (χ3v) is 5.10. The summed E-state index contributed by atoms with van der Waals surface area (Å²) in [6, 6.07) is 12.5. The molecule has 4 nitrogen and oxygen atoms in total. The number of benzene rings is 2. The second-order valence-corrected chi connectivity index (χ2v) is 6.45. The van der Waals surface area contributed by atoms with Crippen LogP contribution in [0.15, 0.2) is 42.5 Å². The SMILES string of the molecule is COc1ccc2c(c1)C(c1ccc(F)cc1)OC21CCN(O)CC1. The number of piperidine rings is 1. The highest BCUT2D eigenvalue weighted by atomic mass is 19.1. The molecule has 2 aliphatic heterocycles. The molecule has 0 aliphatic carbocycles. The first kappa shape index (κ1) is 15.6. The first-order chi connectivity index (χ1) is 11.6. The molecule has 2 heterocycles. The molecule has 1 fully saturated rings. The van der Waals surface area contributed by atoms with Gasteiger partial charge in [-0.3, -0.25) is 0 Å². The fourth-order valence-corrected chi connectivity index (χ4v) is 3.78. The van der Waals surface area contributed by atoms with Gasteiger partial charge in [-0.2, -0.15) is 5.06 Å². The quantitative estimate of drug-likeness (QED) is 0.913. The van der Waals surface area contributed by atoms with E-state index in [2.05, 4.69) is 6.07 Å². The van der Waals surface area contributed by atoms with Crippen LogP contribution in [-0.4, -0.2) is 30.5 Å². The van der Waals surface area contributed by atoms with Crippen molar-refractivity contribution in [3.63, 3.8) is 0 Å². The molecular formula is C19H20FNO3. The maximum atomic E-state index is 13.3. The van der Waals surface area contributed by atoms with Gasteiger partial charge in [-0.25, -0.2) is 4.39 Å². The van der Waals surface area contributed by atoms with E-state index in [-0.39, 0.29) is 11.9 Å². The number of fused-ring (bicyclic) bond motifs is 2. The second kappa shape index (κ2) is 5.84. The Bertz CT molecular complexity index is 739. The van der Waals surface area contributed by atoms with Crippen LogP contribution in [0.4, 0.5) is 4.39 Å². The molecule has 1 atom stereocenters. The summed E-state index contributed by atoms with van der Waals surface area (Å²) in [5.74, 6) is 0.520. The van der Waals surface area contributed by atoms with Crippen molar-refractivity contribution in [1.82, 2.24) is 5.06 Å². The van der Waals surface area contributed by atoms with Crippen molar-refractivity contribution in [2.75, 3.05) is 20.2 Å². The van der Waals surface area contributed by atoms with Crippen LogP contribution in [0.25, 0.3) is 0 Å². The molecule has 4 rings (SSSR count). The summed E-state index contributed by atoms with van der Waals surface area (Å²) in [6.07, 6.45) is 1.20. The van der Waals surface area contributed by atoms with Crippen molar-refractivity contribution in [1.29, 1.82) is 0 Å². The van der Waals surface area contributed by atoms with Crippen molar-refractivity contribution < 1.29 is 19.1 Å². The van der Waals surface area contributed by atoms with Gasteiger partial charge >= 0.3 is 0 Å². The molecule has 126 valence electrons. The van der Waals surface area contributed by atoms with Gasteiger partial charge in [0.1, 0.15) is 17.7 Å². The molecule has 2 aromatic rings. The molecule has 1 N–H and O–H groups in total. The van der Waals surface area contributed by atoms with Gasteiger partial charge in [0.2, 0.25) is 0 Å². The molecule has 1 spiro atoms. The minimum Gasteiger partial charge on any atom is -0.497 e. The first-order valence-electron chi connectivity index (χ1n) is 8.17. The summed E-state index contributed by atoms with van der Waals surface area (Å²) >= 11 is 0. The number of hydroxylamine groups is 2. The Labute approximate surface area is 140 Å². The van der Waals surface area contributed by atoms with Gasteiger partial charge in [0.25, 0.3) is 0 Å². The minimum absolute atomic E-state index is 0.249. The van der Waals surface area contributed by atoms with Gasteiger partial charge in [0, 0.05) is 13.1 Å². The molecule has 2 aromatic carbocycles. The summed E-state index contributed by atoms with van der Waals surface area (Å²) in [5, 5.41) is 11.0. The lowest BCUT2D eigenvalue weighted by Crippen LogP contribution is -2.41. The number of rotatable bonds is 2. The Morgan fingerprint density at radius 1 is 1.17 bits per heavy atom. The predicted molar refractivity (Wildman–Crippen MR) is 86.6 cm³/mol. The number of methoxy groups -OCH3 is 1. The summed E-state index contributed by atoms with van der Waals surface area (Å²) in [7, 11) is 1.64. The van der Waals surface area contributed by atoms with E-state index in [9.17, 15) is 9.60 Å². The van der Waals surface area contributed by atoms with Crippen LogP contribution in [-0.2, 0) is 10.3 Å². The van der Waals surface area contributed by atoms with Crippen LogP contribution in [0, 0.1) is 5.82 Å². The smallest absolute Gasteiger partial charge is 0.123 e. The minimum atomic E-state index is -0.403. The Hall–Kier alpha value is -1.95. The van der Waals surface area contributed by atoms with E-state index in [1.54, 1.807) is 19.2 Å². The van der Waals surface area contributed by atoms with E-state index < -0.39 is 5.60 Å². The molecule has 2 aliphatic rings. The zero-order valence-corrected chi connectivity index (χ0v) is 13.5. The summed E-state index contributed by atoms with van der Waals surface area (Å²) < 4.78 is 25.2. The molecule has 0 bridgehead atoms. The van der Waals surface area contributed by atoms with Crippen LogP contribution in [0.5, 0.6) is 5.75 Å². The van der Waals surface area contributed by atoms with Gasteiger partial charge in [-0.1, -0.05) is 18.2 Å². The first-order valence-corrected chi connectivity index (χ1v) is 8.17. The predicted octanol–water partition coefficient (Wildman–Crippen LogP) is 3.63. The topological polar surface area (TPSA) is 41.9 Å². The largest absolute Gasteiger partial charge is 0.497 e. The molecule has 0 saturated carbocycles. The van der Waals surface area contributed by atoms with Crippen LogP contribution in [0.2, 0.25) is 0 Å². The number of hydrogen-bond donors (Lipinski definition) is 1. The molecular weight excluding hydrogens is 309 g/mol. The lowest BCUT2D eigenvalue weighted by atomic mass is 9.83. The Morgan fingerprint density at radius 3 is 2.54 bits per heavy atom. The van der Waals surface area contributed by atoms with Crippen LogP contribution >= 0.6 is 0 Å². The summed E-state index contributed by atoms with van der Waals surface area (Å²) in [6.45, 7) is 1.14. The van der Waals surface area contributed by atoms with Crippen molar-refractivity contribution in [3.8, 4) is 5.75 Å². The lowest BCUT2D eigenvalue weighted by molar-refractivity contribution is -0.169. The van der Waals surface area contributed by atoms with Gasteiger partial charge in [0.05, 0.1) is 12.7 Å². The zero-order valence-electron chi connectivity index (χ0n) is 13.5. The molecule has 24 heavy (non-hydrogen) atoms. The lowest BCUT2D eigenvalue weighted by Gasteiger charge is -2.37. The molecule has 1 saturated heterocycles. The van der Waals surface area contributed by atoms with E-state index in [1.165, 1.54) is 17.2 Å². The molecule has 0 amide bonds. The Balaban J connectivity index is 1.79. The zero-order chi connectivity index (χ0) is 16.7. The Morgan fingerprint density at radius 2 is 1.88 bits per heavy atom. The number of ether oxygens (including phenoxy) is 2. The number of halogens is 1. The molecule has 1 unspecified atom stereocenters. The highest BCUT2D eigenvalue weighted by Crippen LogP contribution is 2.52. The highest BCUT2D eigenvalue weighted by molar-refractivity contribution is 5.47. The van der Waals surface area contributed by atoms with Crippen molar-refractivity contribution in [3.05, 3.63) is 65.0 Å². The van der Waals surface area contributed by atoms with E-state index >= 15 is 0 Å². The van der Waals surface area contributed by atoms with E-state index in [4.69, 9.17) is 9.47 Å². The van der Waals surface area contributed by atoms with Gasteiger partial charge in [-0.15, -0.1) is 0 Å². The molecule has 5 heteroatoms. The van der Waals surface area contributed by atoms with E-state index in [0.717, 1.165) is 35.3 Å². The highest BCUT2D eigenvalue weighted by Gasteiger charge is 2.47. The number of hydrogen-bond acceptors (Lipinski definition) is 4. The van der Waals surface area contributed by atoms with Gasteiger partial charge in [0.15, 0.2) is 0 Å². The van der Waals surface area contributed by atoms with Gasteiger partial charge in [-0.05, 0) is 53.8 Å². The second-order valence-electron chi connectivity index (χ2n) is 6.45. The Kier molecular flexibility index (Phi) is 3.79. The normalized spacial score (nSPS) is 22.5.